The SMILES string of the molecule is CCCCCCCCCCCCCCCCCCCC/C=C/CC/C=C/CC/C=C/C(O)C(COC1OC(CO)C(O)C(O)C1O)NC(=O)CCCCCCCCCCCCCCCC. The average Bonchev–Trinajstić information content (AvgIpc) is 3.31. The third-order valence-electron chi connectivity index (χ3n) is 13.2. The zero-order valence-corrected chi connectivity index (χ0v) is 42.3. The van der Waals surface area contributed by atoms with Gasteiger partial charge < -0.3 is 40.3 Å². The predicted molar refractivity (Wildman–Crippen MR) is 272 cm³/mol. The van der Waals surface area contributed by atoms with Gasteiger partial charge in [0.1, 0.15) is 24.4 Å². The second-order valence-electron chi connectivity index (χ2n) is 19.4. The maximum Gasteiger partial charge on any atom is 0.220 e. The van der Waals surface area contributed by atoms with Crippen LogP contribution in [0, 0.1) is 0 Å². The van der Waals surface area contributed by atoms with E-state index in [4.69, 9.17) is 9.47 Å². The van der Waals surface area contributed by atoms with E-state index in [9.17, 15) is 30.3 Å². The molecule has 1 aliphatic rings. The lowest BCUT2D eigenvalue weighted by Crippen LogP contribution is -2.60. The van der Waals surface area contributed by atoms with Gasteiger partial charge in [0.25, 0.3) is 0 Å². The van der Waals surface area contributed by atoms with E-state index in [0.717, 1.165) is 44.9 Å². The van der Waals surface area contributed by atoms with Crippen LogP contribution in [0.25, 0.3) is 0 Å². The Morgan fingerprint density at radius 2 is 0.877 bits per heavy atom. The summed E-state index contributed by atoms with van der Waals surface area (Å²) in [5.74, 6) is -0.189. The molecule has 65 heavy (non-hydrogen) atoms. The van der Waals surface area contributed by atoms with Crippen LogP contribution in [0.1, 0.15) is 258 Å². The highest BCUT2D eigenvalue weighted by Gasteiger charge is 2.44. The molecule has 0 aromatic heterocycles. The second-order valence-corrected chi connectivity index (χ2v) is 19.4. The molecule has 1 fully saturated rings. The lowest BCUT2D eigenvalue weighted by atomic mass is 9.99. The Morgan fingerprint density at radius 3 is 1.29 bits per heavy atom. The third-order valence-corrected chi connectivity index (χ3v) is 13.2. The summed E-state index contributed by atoms with van der Waals surface area (Å²) in [7, 11) is 0. The average molecular weight is 920 g/mol. The van der Waals surface area contributed by atoms with Crippen molar-refractivity contribution in [3.05, 3.63) is 36.5 Å². The molecule has 7 atom stereocenters. The molecule has 1 heterocycles. The Hall–Kier alpha value is -1.59. The molecule has 9 heteroatoms. The highest BCUT2D eigenvalue weighted by atomic mass is 16.7. The number of carbonyl (C=O) groups is 1. The maximum absolute atomic E-state index is 13.0. The molecule has 0 aliphatic carbocycles. The van der Waals surface area contributed by atoms with Crippen molar-refractivity contribution < 1.29 is 39.8 Å². The predicted octanol–water partition coefficient (Wildman–Crippen LogP) is 13.2. The number of ether oxygens (including phenoxy) is 2. The van der Waals surface area contributed by atoms with E-state index in [2.05, 4.69) is 43.5 Å². The third kappa shape index (κ3) is 36.1. The van der Waals surface area contributed by atoms with E-state index in [1.165, 1.54) is 193 Å². The minimum Gasteiger partial charge on any atom is -0.394 e. The van der Waals surface area contributed by atoms with E-state index in [-0.39, 0.29) is 12.5 Å². The molecule has 1 rings (SSSR count). The molecular formula is C56H105NO8. The summed E-state index contributed by atoms with van der Waals surface area (Å²) in [6.45, 7) is 3.77. The fourth-order valence-corrected chi connectivity index (χ4v) is 8.78. The number of aliphatic hydroxyl groups excluding tert-OH is 5. The van der Waals surface area contributed by atoms with Crippen molar-refractivity contribution in [3.63, 3.8) is 0 Å². The number of hydrogen-bond acceptors (Lipinski definition) is 8. The van der Waals surface area contributed by atoms with Crippen molar-refractivity contribution in [2.24, 2.45) is 0 Å². The van der Waals surface area contributed by atoms with Gasteiger partial charge in [0, 0.05) is 6.42 Å². The summed E-state index contributed by atoms with van der Waals surface area (Å²) in [5, 5.41) is 54.3. The van der Waals surface area contributed by atoms with Gasteiger partial charge in [-0.05, 0) is 44.9 Å². The van der Waals surface area contributed by atoms with E-state index in [1.807, 2.05) is 6.08 Å². The van der Waals surface area contributed by atoms with Crippen LogP contribution in [0.5, 0.6) is 0 Å². The number of allylic oxidation sites excluding steroid dienone is 5. The van der Waals surface area contributed by atoms with Crippen molar-refractivity contribution in [1.29, 1.82) is 0 Å². The van der Waals surface area contributed by atoms with Gasteiger partial charge in [-0.2, -0.15) is 0 Å². The van der Waals surface area contributed by atoms with Crippen LogP contribution in [0.2, 0.25) is 0 Å². The number of hydrogen-bond donors (Lipinski definition) is 6. The molecule has 0 radical (unpaired) electrons. The van der Waals surface area contributed by atoms with Crippen molar-refractivity contribution in [2.45, 2.75) is 301 Å². The first kappa shape index (κ1) is 61.4. The van der Waals surface area contributed by atoms with Gasteiger partial charge in [0.15, 0.2) is 6.29 Å². The molecule has 6 N–H and O–H groups in total. The molecule has 9 nitrogen and oxygen atoms in total. The highest BCUT2D eigenvalue weighted by molar-refractivity contribution is 5.76. The van der Waals surface area contributed by atoms with Crippen LogP contribution in [-0.4, -0.2) is 87.5 Å². The monoisotopic (exact) mass is 920 g/mol. The van der Waals surface area contributed by atoms with Gasteiger partial charge in [0.05, 0.1) is 25.4 Å². The highest BCUT2D eigenvalue weighted by Crippen LogP contribution is 2.23. The Balaban J connectivity index is 2.25. The maximum atomic E-state index is 13.0. The molecule has 1 saturated heterocycles. The first-order valence-electron chi connectivity index (χ1n) is 27.7. The van der Waals surface area contributed by atoms with E-state index in [0.29, 0.717) is 6.42 Å². The number of nitrogens with one attached hydrogen (secondary N) is 1. The number of aliphatic hydroxyl groups is 5. The molecular weight excluding hydrogens is 815 g/mol. The van der Waals surface area contributed by atoms with Crippen molar-refractivity contribution in [3.8, 4) is 0 Å². The minimum atomic E-state index is -1.57. The van der Waals surface area contributed by atoms with Crippen LogP contribution < -0.4 is 5.32 Å². The summed E-state index contributed by atoms with van der Waals surface area (Å²) in [6.07, 6.45) is 52.2. The lowest BCUT2D eigenvalue weighted by molar-refractivity contribution is -0.302. The fraction of sp³-hybridized carbons (Fsp3) is 0.875. The van der Waals surface area contributed by atoms with Gasteiger partial charge in [-0.25, -0.2) is 0 Å². The first-order chi connectivity index (χ1) is 31.8. The van der Waals surface area contributed by atoms with Crippen LogP contribution >= 0.6 is 0 Å². The largest absolute Gasteiger partial charge is 0.394 e. The minimum absolute atomic E-state index is 0.189. The van der Waals surface area contributed by atoms with E-state index < -0.39 is 49.5 Å². The van der Waals surface area contributed by atoms with Crippen LogP contribution in [-0.2, 0) is 14.3 Å². The Bertz CT molecular complexity index is 1110. The Morgan fingerprint density at radius 1 is 0.508 bits per heavy atom. The Kier molecular flexibility index (Phi) is 43.6. The standard InChI is InChI=1S/C56H105NO8/c1-3-5-7-9-11-13-15-17-19-20-21-22-23-24-25-26-27-28-29-30-31-32-33-35-37-39-41-43-45-50(59)49(48-64-56-55(63)54(62)53(61)51(47-58)65-56)57-52(60)46-44-42-40-38-36-34-18-16-14-12-10-8-6-4-2/h30-31,35,37,43,45,49-51,53-56,58-59,61-63H,3-29,32-34,36,38-42,44,46-48H2,1-2H3,(H,57,60)/b31-30+,37-35+,45-43+. The number of rotatable bonds is 47. The van der Waals surface area contributed by atoms with Gasteiger partial charge in [-0.1, -0.05) is 243 Å². The molecule has 1 aliphatic heterocycles. The van der Waals surface area contributed by atoms with Crippen LogP contribution in [0.4, 0.5) is 0 Å². The van der Waals surface area contributed by atoms with Gasteiger partial charge in [-0.3, -0.25) is 4.79 Å². The van der Waals surface area contributed by atoms with Crippen LogP contribution in [0.3, 0.4) is 0 Å². The zero-order chi connectivity index (χ0) is 47.3. The van der Waals surface area contributed by atoms with Crippen molar-refractivity contribution in [1.82, 2.24) is 5.32 Å². The molecule has 0 saturated carbocycles. The number of carbonyl (C=O) groups excluding carboxylic acids is 1. The second kappa shape index (κ2) is 46.2. The first-order valence-corrected chi connectivity index (χ1v) is 27.7. The van der Waals surface area contributed by atoms with Gasteiger partial charge in [-0.15, -0.1) is 0 Å². The van der Waals surface area contributed by atoms with E-state index >= 15 is 0 Å². The molecule has 382 valence electrons. The normalized spacial score (nSPS) is 20.1. The smallest absolute Gasteiger partial charge is 0.220 e. The summed E-state index contributed by atoms with van der Waals surface area (Å²) in [5.41, 5.74) is 0. The summed E-state index contributed by atoms with van der Waals surface area (Å²) >= 11 is 0. The fourth-order valence-electron chi connectivity index (χ4n) is 8.78. The van der Waals surface area contributed by atoms with Gasteiger partial charge >= 0.3 is 0 Å². The van der Waals surface area contributed by atoms with E-state index in [1.54, 1.807) is 6.08 Å². The molecule has 0 aromatic carbocycles. The molecule has 7 unspecified atom stereocenters. The topological polar surface area (TPSA) is 149 Å². The summed E-state index contributed by atoms with van der Waals surface area (Å²) < 4.78 is 11.2. The molecule has 1 amide bonds. The summed E-state index contributed by atoms with van der Waals surface area (Å²) in [6, 6.07) is -0.825. The van der Waals surface area contributed by atoms with Gasteiger partial charge in [0.2, 0.25) is 5.91 Å². The number of amides is 1. The summed E-state index contributed by atoms with van der Waals surface area (Å²) in [4.78, 5) is 13.0. The van der Waals surface area contributed by atoms with Crippen molar-refractivity contribution in [2.75, 3.05) is 13.2 Å². The Labute approximate surface area is 400 Å². The molecule has 0 bridgehead atoms. The van der Waals surface area contributed by atoms with Crippen molar-refractivity contribution >= 4 is 5.91 Å². The quantitative estimate of drug-likeness (QED) is 0.0261. The van der Waals surface area contributed by atoms with Crippen LogP contribution in [0.15, 0.2) is 36.5 Å². The molecule has 0 spiro atoms. The number of unbranched alkanes of at least 4 members (excludes halogenated alkanes) is 33. The molecule has 0 aromatic rings. The zero-order valence-electron chi connectivity index (χ0n) is 42.3. The lowest BCUT2D eigenvalue weighted by Gasteiger charge is -2.40.